The fourth-order valence-corrected chi connectivity index (χ4v) is 2.22. The van der Waals surface area contributed by atoms with Crippen molar-refractivity contribution < 1.29 is 14.3 Å². The highest BCUT2D eigenvalue weighted by Gasteiger charge is 2.39. The molecule has 0 radical (unpaired) electrons. The van der Waals surface area contributed by atoms with Crippen LogP contribution in [0.4, 0.5) is 4.39 Å². The molecule has 1 aliphatic carbocycles. The highest BCUT2D eigenvalue weighted by molar-refractivity contribution is 5.97. The maximum atomic E-state index is 13.3. The molecule has 2 N–H and O–H groups in total. The molecule has 2 rings (SSSR count). The van der Waals surface area contributed by atoms with Gasteiger partial charge in [0.15, 0.2) is 0 Å². The number of benzene rings is 1. The normalized spacial score (nSPS) is 14.4. The van der Waals surface area contributed by atoms with Gasteiger partial charge in [0.2, 0.25) is 0 Å². The number of hydrogen-bond acceptors (Lipinski definition) is 2. The third-order valence-corrected chi connectivity index (χ3v) is 3.56. The van der Waals surface area contributed by atoms with Crippen molar-refractivity contribution in [3.63, 3.8) is 0 Å². The first-order valence-electron chi connectivity index (χ1n) is 6.66. The monoisotopic (exact) mass is 275 g/mol. The summed E-state index contributed by atoms with van der Waals surface area (Å²) in [7, 11) is 0. The fraction of sp³-hybridized carbons (Fsp3) is 0.438. The number of carbonyl (C=O) groups is 1. The summed E-state index contributed by atoms with van der Waals surface area (Å²) >= 11 is 0. The molecule has 0 aromatic heterocycles. The van der Waals surface area contributed by atoms with E-state index < -0.39 is 5.82 Å². The molecule has 4 heteroatoms. The lowest BCUT2D eigenvalue weighted by Crippen LogP contribution is -2.45. The molecule has 1 aliphatic rings. The fourth-order valence-electron chi connectivity index (χ4n) is 2.22. The molecule has 3 nitrogen and oxygen atoms in total. The van der Waals surface area contributed by atoms with E-state index in [1.807, 2.05) is 13.8 Å². The molecule has 0 bridgehead atoms. The Labute approximate surface area is 118 Å². The van der Waals surface area contributed by atoms with Crippen LogP contribution < -0.4 is 5.32 Å². The SMILES string of the molecule is CC(C)(NC(=O)c1ccc(F)cc1C#CCO)C1CC1. The lowest BCUT2D eigenvalue weighted by atomic mass is 9.97. The molecule has 0 heterocycles. The second kappa shape index (κ2) is 5.64. The molecule has 1 aromatic carbocycles. The highest BCUT2D eigenvalue weighted by atomic mass is 19.1. The van der Waals surface area contributed by atoms with Crippen LogP contribution in [-0.4, -0.2) is 23.2 Å². The first-order chi connectivity index (χ1) is 9.44. The number of carbonyl (C=O) groups excluding carboxylic acids is 1. The van der Waals surface area contributed by atoms with Gasteiger partial charge in [0.25, 0.3) is 5.91 Å². The Hall–Kier alpha value is -1.86. The van der Waals surface area contributed by atoms with Crippen LogP contribution in [0.15, 0.2) is 18.2 Å². The Morgan fingerprint density at radius 3 is 2.80 bits per heavy atom. The van der Waals surface area contributed by atoms with Crippen molar-refractivity contribution in [3.05, 3.63) is 35.1 Å². The van der Waals surface area contributed by atoms with E-state index in [4.69, 9.17) is 5.11 Å². The quantitative estimate of drug-likeness (QED) is 0.830. The van der Waals surface area contributed by atoms with Gasteiger partial charge in [0.05, 0.1) is 5.56 Å². The van der Waals surface area contributed by atoms with Gasteiger partial charge in [-0.25, -0.2) is 4.39 Å². The summed E-state index contributed by atoms with van der Waals surface area (Å²) in [6.07, 6.45) is 2.24. The number of halogens is 1. The van der Waals surface area contributed by atoms with Gasteiger partial charge in [-0.05, 0) is 50.8 Å². The Morgan fingerprint density at radius 2 is 2.20 bits per heavy atom. The van der Waals surface area contributed by atoms with E-state index in [1.54, 1.807) is 0 Å². The van der Waals surface area contributed by atoms with Gasteiger partial charge < -0.3 is 10.4 Å². The Balaban J connectivity index is 2.24. The number of aliphatic hydroxyl groups is 1. The minimum absolute atomic E-state index is 0.260. The first kappa shape index (κ1) is 14.5. The van der Waals surface area contributed by atoms with Crippen molar-refractivity contribution in [1.29, 1.82) is 0 Å². The Morgan fingerprint density at radius 1 is 1.50 bits per heavy atom. The smallest absolute Gasteiger partial charge is 0.252 e. The summed E-state index contributed by atoms with van der Waals surface area (Å²) in [5.41, 5.74) is 0.358. The second-order valence-corrected chi connectivity index (χ2v) is 5.60. The van der Waals surface area contributed by atoms with Crippen molar-refractivity contribution in [3.8, 4) is 11.8 Å². The molecule has 106 valence electrons. The van der Waals surface area contributed by atoms with E-state index in [0.29, 0.717) is 17.0 Å². The summed E-state index contributed by atoms with van der Waals surface area (Å²) in [4.78, 5) is 12.3. The zero-order chi connectivity index (χ0) is 14.8. The van der Waals surface area contributed by atoms with E-state index in [0.717, 1.165) is 12.8 Å². The predicted octanol–water partition coefficient (Wildman–Crippen LogP) is 2.09. The summed E-state index contributed by atoms with van der Waals surface area (Å²) < 4.78 is 13.3. The molecule has 0 unspecified atom stereocenters. The summed E-state index contributed by atoms with van der Waals surface area (Å²) in [6, 6.07) is 3.87. The standard InChI is InChI=1S/C16H18FNO2/c1-16(2,12-5-6-12)18-15(20)14-8-7-13(17)10-11(14)4-3-9-19/h7-8,10,12,19H,5-6,9H2,1-2H3,(H,18,20). The lowest BCUT2D eigenvalue weighted by molar-refractivity contribution is 0.0903. The molecule has 20 heavy (non-hydrogen) atoms. The van der Waals surface area contributed by atoms with Crippen LogP contribution in [0.1, 0.15) is 42.6 Å². The van der Waals surface area contributed by atoms with Gasteiger partial charge in [0.1, 0.15) is 12.4 Å². The molecular weight excluding hydrogens is 257 g/mol. The van der Waals surface area contributed by atoms with Gasteiger partial charge >= 0.3 is 0 Å². The highest BCUT2D eigenvalue weighted by Crippen LogP contribution is 2.39. The zero-order valence-electron chi connectivity index (χ0n) is 11.7. The predicted molar refractivity (Wildman–Crippen MR) is 74.6 cm³/mol. The van der Waals surface area contributed by atoms with E-state index >= 15 is 0 Å². The molecule has 0 aliphatic heterocycles. The van der Waals surface area contributed by atoms with E-state index in [1.165, 1.54) is 18.2 Å². The van der Waals surface area contributed by atoms with Crippen molar-refractivity contribution >= 4 is 5.91 Å². The first-order valence-corrected chi connectivity index (χ1v) is 6.66. The van der Waals surface area contributed by atoms with Crippen LogP contribution in [-0.2, 0) is 0 Å². The van der Waals surface area contributed by atoms with Gasteiger partial charge in [0, 0.05) is 11.1 Å². The largest absolute Gasteiger partial charge is 0.384 e. The van der Waals surface area contributed by atoms with E-state index in [-0.39, 0.29) is 18.1 Å². The average molecular weight is 275 g/mol. The van der Waals surface area contributed by atoms with Gasteiger partial charge in [-0.3, -0.25) is 4.79 Å². The van der Waals surface area contributed by atoms with Crippen molar-refractivity contribution in [2.75, 3.05) is 6.61 Å². The van der Waals surface area contributed by atoms with Crippen molar-refractivity contribution in [2.24, 2.45) is 5.92 Å². The Kier molecular flexibility index (Phi) is 4.10. The van der Waals surface area contributed by atoms with Gasteiger partial charge in [-0.1, -0.05) is 11.8 Å². The molecule has 1 amide bonds. The molecule has 1 saturated carbocycles. The van der Waals surface area contributed by atoms with Crippen molar-refractivity contribution in [1.82, 2.24) is 5.32 Å². The second-order valence-electron chi connectivity index (χ2n) is 5.60. The van der Waals surface area contributed by atoms with Crippen LogP contribution >= 0.6 is 0 Å². The maximum Gasteiger partial charge on any atom is 0.252 e. The summed E-state index contributed by atoms with van der Waals surface area (Å²) in [5, 5.41) is 11.7. The number of aliphatic hydroxyl groups excluding tert-OH is 1. The topological polar surface area (TPSA) is 49.3 Å². The number of amides is 1. The number of nitrogens with one attached hydrogen (secondary N) is 1. The molecule has 1 aromatic rings. The van der Waals surface area contributed by atoms with E-state index in [2.05, 4.69) is 17.2 Å². The molecular formula is C16H18FNO2. The van der Waals surface area contributed by atoms with Crippen LogP contribution in [0.25, 0.3) is 0 Å². The van der Waals surface area contributed by atoms with Crippen LogP contribution in [0.5, 0.6) is 0 Å². The minimum atomic E-state index is -0.453. The van der Waals surface area contributed by atoms with E-state index in [9.17, 15) is 9.18 Å². The Bertz CT molecular complexity index is 580. The molecule has 1 fully saturated rings. The molecule has 0 saturated heterocycles. The maximum absolute atomic E-state index is 13.3. The molecule has 0 spiro atoms. The van der Waals surface area contributed by atoms with Crippen LogP contribution in [0.2, 0.25) is 0 Å². The third kappa shape index (κ3) is 3.37. The van der Waals surface area contributed by atoms with Crippen molar-refractivity contribution in [2.45, 2.75) is 32.2 Å². The van der Waals surface area contributed by atoms with Gasteiger partial charge in [-0.2, -0.15) is 0 Å². The number of rotatable bonds is 3. The third-order valence-electron chi connectivity index (χ3n) is 3.56. The number of hydrogen-bond donors (Lipinski definition) is 2. The molecule has 0 atom stereocenters. The minimum Gasteiger partial charge on any atom is -0.384 e. The van der Waals surface area contributed by atoms with Crippen LogP contribution in [0, 0.1) is 23.6 Å². The lowest BCUT2D eigenvalue weighted by Gasteiger charge is -2.26. The average Bonchev–Trinajstić information content (AvgIpc) is 3.20. The van der Waals surface area contributed by atoms with Gasteiger partial charge in [-0.15, -0.1) is 0 Å². The van der Waals surface area contributed by atoms with Crippen LogP contribution in [0.3, 0.4) is 0 Å². The summed E-state index contributed by atoms with van der Waals surface area (Å²) in [5.74, 6) is 4.84. The summed E-state index contributed by atoms with van der Waals surface area (Å²) in [6.45, 7) is 3.65. The zero-order valence-corrected chi connectivity index (χ0v) is 11.7.